The van der Waals surface area contributed by atoms with Crippen LogP contribution in [0.25, 0.3) is 11.3 Å². The maximum atomic E-state index is 14.1. The average Bonchev–Trinajstić information content (AvgIpc) is 3.49. The van der Waals surface area contributed by atoms with Crippen molar-refractivity contribution in [2.45, 2.75) is 51.9 Å². The highest BCUT2D eigenvalue weighted by atomic mass is 19.1. The van der Waals surface area contributed by atoms with Crippen LogP contribution in [0.4, 0.5) is 4.39 Å². The number of hydrogen-bond acceptors (Lipinski definition) is 4. The van der Waals surface area contributed by atoms with Crippen molar-refractivity contribution in [3.63, 3.8) is 0 Å². The lowest BCUT2D eigenvalue weighted by molar-refractivity contribution is -0.118. The second kappa shape index (κ2) is 12.1. The largest absolute Gasteiger partial charge is 0.362 e. The summed E-state index contributed by atoms with van der Waals surface area (Å²) in [7, 11) is 0. The van der Waals surface area contributed by atoms with Crippen LogP contribution in [0.5, 0.6) is 0 Å². The van der Waals surface area contributed by atoms with Gasteiger partial charge >= 0.3 is 0 Å². The number of halogens is 1. The van der Waals surface area contributed by atoms with Gasteiger partial charge in [-0.3, -0.25) is 14.7 Å². The zero-order valence-electron chi connectivity index (χ0n) is 25.3. The number of nitrogens with zero attached hydrogens (tertiary/aromatic N) is 1. The van der Waals surface area contributed by atoms with Crippen LogP contribution in [0.3, 0.4) is 0 Å². The SMILES string of the molecule is CC1=C(C(=O)NCCC(c2ccccc2)c2ccccc2)C(c2cn[nH]c2-c2ccc(F)cc2)C2=C(CC(C)(C)CC2=O)N1. The molecule has 44 heavy (non-hydrogen) atoms. The highest BCUT2D eigenvalue weighted by molar-refractivity contribution is 6.05. The van der Waals surface area contributed by atoms with E-state index in [-0.39, 0.29) is 28.8 Å². The number of ketones is 1. The summed E-state index contributed by atoms with van der Waals surface area (Å²) in [5.74, 6) is -1.05. The number of aromatic nitrogens is 2. The number of hydrogen-bond donors (Lipinski definition) is 3. The zero-order chi connectivity index (χ0) is 30.8. The Morgan fingerprint density at radius 2 is 1.61 bits per heavy atom. The van der Waals surface area contributed by atoms with E-state index in [1.807, 2.05) is 43.3 Å². The Labute approximate surface area is 257 Å². The van der Waals surface area contributed by atoms with Gasteiger partial charge in [-0.25, -0.2) is 4.39 Å². The molecule has 1 amide bonds. The van der Waals surface area contributed by atoms with Crippen LogP contribution in [0.15, 0.2) is 114 Å². The van der Waals surface area contributed by atoms with Crippen molar-refractivity contribution in [2.75, 3.05) is 6.54 Å². The summed E-state index contributed by atoms with van der Waals surface area (Å²) in [6.45, 7) is 6.51. The van der Waals surface area contributed by atoms with E-state index in [4.69, 9.17) is 0 Å². The Kier molecular flexibility index (Phi) is 8.04. The van der Waals surface area contributed by atoms with Crippen LogP contribution in [0.1, 0.15) is 68.6 Å². The molecule has 0 spiro atoms. The molecule has 7 heteroatoms. The van der Waals surface area contributed by atoms with Crippen molar-refractivity contribution < 1.29 is 14.0 Å². The fraction of sp³-hybridized carbons (Fsp3) is 0.270. The summed E-state index contributed by atoms with van der Waals surface area (Å²) in [4.78, 5) is 27.9. The molecule has 6 rings (SSSR count). The third-order valence-corrected chi connectivity index (χ3v) is 8.72. The van der Waals surface area contributed by atoms with Crippen LogP contribution in [0, 0.1) is 11.2 Å². The standard InChI is InChI=1S/C37H37FN4O2/c1-23-32(36(44)39-19-18-28(24-10-6-4-7-11-24)25-12-8-5-9-13-25)33(34-30(41-23)20-37(2,3)21-31(34)43)29-22-40-42-35(29)26-14-16-27(38)17-15-26/h4-17,22,28,33,41H,18-21H2,1-3H3,(H,39,44)(H,40,42). The van der Waals surface area contributed by atoms with E-state index in [9.17, 15) is 14.0 Å². The van der Waals surface area contributed by atoms with Gasteiger partial charge in [0.2, 0.25) is 5.91 Å². The lowest BCUT2D eigenvalue weighted by Gasteiger charge is -2.39. The highest BCUT2D eigenvalue weighted by Gasteiger charge is 2.43. The van der Waals surface area contributed by atoms with Gasteiger partial charge in [-0.2, -0.15) is 5.10 Å². The molecule has 1 atom stereocenters. The van der Waals surface area contributed by atoms with Gasteiger partial charge in [0.15, 0.2) is 5.78 Å². The van der Waals surface area contributed by atoms with Gasteiger partial charge in [-0.1, -0.05) is 74.5 Å². The minimum Gasteiger partial charge on any atom is -0.362 e. The second-order valence-electron chi connectivity index (χ2n) is 12.6. The molecule has 6 nitrogen and oxygen atoms in total. The Bertz CT molecular complexity index is 1700. The number of rotatable bonds is 8. The average molecular weight is 589 g/mol. The topological polar surface area (TPSA) is 86.9 Å². The molecule has 1 unspecified atom stereocenters. The summed E-state index contributed by atoms with van der Waals surface area (Å²) in [5.41, 5.74) is 6.95. The molecule has 3 N–H and O–H groups in total. The minimum atomic E-state index is -0.618. The molecule has 1 aromatic heterocycles. The quantitative estimate of drug-likeness (QED) is 0.204. The predicted molar refractivity (Wildman–Crippen MR) is 170 cm³/mol. The number of allylic oxidation sites excluding steroid dienone is 3. The molecule has 0 saturated heterocycles. The molecule has 0 fully saturated rings. The summed E-state index contributed by atoms with van der Waals surface area (Å²) in [6, 6.07) is 26.8. The number of H-pyrrole nitrogens is 1. The Balaban J connectivity index is 1.33. The molecular formula is C37H37FN4O2. The van der Waals surface area contributed by atoms with E-state index in [0.717, 1.165) is 16.8 Å². The van der Waals surface area contributed by atoms with Crippen LogP contribution < -0.4 is 10.6 Å². The second-order valence-corrected chi connectivity index (χ2v) is 12.6. The summed E-state index contributed by atoms with van der Waals surface area (Å²) in [5, 5.41) is 14.0. The first kappa shape index (κ1) is 29.3. The molecule has 3 aromatic carbocycles. The smallest absolute Gasteiger partial charge is 0.249 e. The van der Waals surface area contributed by atoms with E-state index >= 15 is 0 Å². The number of amides is 1. The van der Waals surface area contributed by atoms with Crippen molar-refractivity contribution >= 4 is 11.7 Å². The summed E-state index contributed by atoms with van der Waals surface area (Å²) in [6.07, 6.45) is 3.47. The highest BCUT2D eigenvalue weighted by Crippen LogP contribution is 2.48. The van der Waals surface area contributed by atoms with E-state index in [1.54, 1.807) is 18.3 Å². The molecule has 0 saturated carbocycles. The molecule has 0 bridgehead atoms. The molecule has 1 aliphatic carbocycles. The van der Waals surface area contributed by atoms with Crippen LogP contribution in [-0.2, 0) is 9.59 Å². The molecule has 2 aliphatic rings. The lowest BCUT2D eigenvalue weighted by atomic mass is 9.68. The Morgan fingerprint density at radius 1 is 0.977 bits per heavy atom. The molecule has 4 aromatic rings. The van der Waals surface area contributed by atoms with Gasteiger partial charge in [0.1, 0.15) is 5.82 Å². The predicted octanol–water partition coefficient (Wildman–Crippen LogP) is 7.16. The number of nitrogens with one attached hydrogen (secondary N) is 3. The van der Waals surface area contributed by atoms with E-state index < -0.39 is 5.92 Å². The minimum absolute atomic E-state index is 0.0195. The van der Waals surface area contributed by atoms with Crippen LogP contribution in [0.2, 0.25) is 0 Å². The van der Waals surface area contributed by atoms with Crippen LogP contribution in [-0.4, -0.2) is 28.4 Å². The van der Waals surface area contributed by atoms with Gasteiger partial charge in [-0.15, -0.1) is 0 Å². The van der Waals surface area contributed by atoms with Gasteiger partial charge in [0.05, 0.1) is 17.8 Å². The molecule has 1 aliphatic heterocycles. The Hall–Kier alpha value is -4.78. The maximum absolute atomic E-state index is 14.1. The van der Waals surface area contributed by atoms with E-state index in [1.165, 1.54) is 23.3 Å². The Morgan fingerprint density at radius 3 is 2.25 bits per heavy atom. The van der Waals surface area contributed by atoms with Crippen molar-refractivity contribution in [1.82, 2.24) is 20.8 Å². The van der Waals surface area contributed by atoms with Gasteiger partial charge in [-0.05, 0) is 60.6 Å². The van der Waals surface area contributed by atoms with Crippen molar-refractivity contribution in [1.29, 1.82) is 0 Å². The zero-order valence-corrected chi connectivity index (χ0v) is 25.3. The van der Waals surface area contributed by atoms with Crippen molar-refractivity contribution in [2.24, 2.45) is 5.41 Å². The van der Waals surface area contributed by atoms with Crippen molar-refractivity contribution in [3.8, 4) is 11.3 Å². The first-order chi connectivity index (χ1) is 21.2. The third kappa shape index (κ3) is 5.87. The van der Waals surface area contributed by atoms with Crippen molar-refractivity contribution in [3.05, 3.63) is 136 Å². The molecule has 0 radical (unpaired) electrons. The monoisotopic (exact) mass is 588 g/mol. The maximum Gasteiger partial charge on any atom is 0.249 e. The van der Waals surface area contributed by atoms with E-state index in [2.05, 4.69) is 58.9 Å². The first-order valence-electron chi connectivity index (χ1n) is 15.1. The number of aromatic amines is 1. The number of carbonyl (C=O) groups is 2. The number of Topliss-reactive ketones (excluding diaryl/α,β-unsaturated/α-hetero) is 1. The number of benzene rings is 3. The van der Waals surface area contributed by atoms with E-state index in [0.29, 0.717) is 48.3 Å². The fourth-order valence-corrected chi connectivity index (χ4v) is 6.73. The van der Waals surface area contributed by atoms with Gasteiger partial charge < -0.3 is 10.6 Å². The number of carbonyl (C=O) groups excluding carboxylic acids is 2. The molecule has 2 heterocycles. The summed E-state index contributed by atoms with van der Waals surface area (Å²) < 4.78 is 13.8. The van der Waals surface area contributed by atoms with Gasteiger partial charge in [0.25, 0.3) is 0 Å². The molecule has 224 valence electrons. The fourth-order valence-electron chi connectivity index (χ4n) is 6.73. The molecular weight excluding hydrogens is 551 g/mol. The third-order valence-electron chi connectivity index (χ3n) is 8.72. The summed E-state index contributed by atoms with van der Waals surface area (Å²) >= 11 is 0. The number of dihydropyridines is 1. The normalized spacial score (nSPS) is 17.8. The van der Waals surface area contributed by atoms with Crippen LogP contribution >= 0.6 is 0 Å². The lowest BCUT2D eigenvalue weighted by Crippen LogP contribution is -2.41. The first-order valence-corrected chi connectivity index (χ1v) is 15.1. The van der Waals surface area contributed by atoms with Gasteiger partial charge in [0, 0.05) is 52.6 Å².